The van der Waals surface area contributed by atoms with Crippen molar-refractivity contribution in [1.82, 2.24) is 0 Å². The van der Waals surface area contributed by atoms with Gasteiger partial charge < -0.3 is 16.6 Å². The molecule has 0 saturated carbocycles. The minimum atomic E-state index is -0.844. The number of carbonyl (C=O) groups is 1. The molecule has 1 rings (SSSR count). The molecule has 0 saturated heterocycles. The van der Waals surface area contributed by atoms with Gasteiger partial charge >= 0.3 is 5.97 Å². The van der Waals surface area contributed by atoms with Gasteiger partial charge in [0.25, 0.3) is 0 Å². The van der Waals surface area contributed by atoms with Crippen LogP contribution in [0.25, 0.3) is 0 Å². The molecule has 0 spiro atoms. The van der Waals surface area contributed by atoms with Gasteiger partial charge in [0.2, 0.25) is 0 Å². The maximum Gasteiger partial charge on any atom is 0.307 e. The van der Waals surface area contributed by atoms with Gasteiger partial charge in [0.15, 0.2) is 0 Å². The van der Waals surface area contributed by atoms with E-state index in [2.05, 4.69) is 0 Å². The van der Waals surface area contributed by atoms with Crippen molar-refractivity contribution >= 4 is 5.97 Å². The molecule has 0 fully saturated rings. The number of nitrogens with two attached hydrogens (primary N) is 2. The first-order valence-corrected chi connectivity index (χ1v) is 4.39. The third kappa shape index (κ3) is 2.83. The molecule has 0 aliphatic rings. The summed E-state index contributed by atoms with van der Waals surface area (Å²) in [7, 11) is 0. The van der Waals surface area contributed by atoms with Gasteiger partial charge in [0.1, 0.15) is 0 Å². The molecule has 0 unspecified atom stereocenters. The number of rotatable bonds is 4. The van der Waals surface area contributed by atoms with Crippen LogP contribution in [-0.4, -0.2) is 17.6 Å². The molecule has 14 heavy (non-hydrogen) atoms. The average Bonchev–Trinajstić information content (AvgIpc) is 2.16. The Labute approximate surface area is 82.5 Å². The summed E-state index contributed by atoms with van der Waals surface area (Å²) in [6.45, 7) is 0.358. The second-order valence-corrected chi connectivity index (χ2v) is 3.16. The molecule has 4 heteroatoms. The Hall–Kier alpha value is -1.39. The number of carboxylic acids is 1. The van der Waals surface area contributed by atoms with E-state index in [-0.39, 0.29) is 12.5 Å². The Morgan fingerprint density at radius 3 is 2.79 bits per heavy atom. The Morgan fingerprint density at radius 1 is 1.50 bits per heavy atom. The summed E-state index contributed by atoms with van der Waals surface area (Å²) < 4.78 is 0. The fourth-order valence-electron chi connectivity index (χ4n) is 1.24. The van der Waals surface area contributed by atoms with Crippen molar-refractivity contribution < 1.29 is 9.90 Å². The number of carboxylic acid groups (broad SMARTS) is 1. The van der Waals surface area contributed by atoms with Gasteiger partial charge in [0, 0.05) is 12.6 Å². The normalized spacial score (nSPS) is 12.4. The number of benzene rings is 1. The number of hydrogen-bond acceptors (Lipinski definition) is 3. The van der Waals surface area contributed by atoms with E-state index in [9.17, 15) is 4.79 Å². The molecule has 0 bridgehead atoms. The number of aliphatic carboxylic acids is 1. The molecule has 1 aromatic carbocycles. The summed E-state index contributed by atoms with van der Waals surface area (Å²) in [4.78, 5) is 10.5. The van der Waals surface area contributed by atoms with Gasteiger partial charge in [0.05, 0.1) is 6.42 Å². The zero-order chi connectivity index (χ0) is 10.6. The fraction of sp³-hybridized carbons (Fsp3) is 0.300. The first kappa shape index (κ1) is 10.7. The highest BCUT2D eigenvalue weighted by Gasteiger charge is 2.05. The summed E-state index contributed by atoms with van der Waals surface area (Å²) >= 11 is 0. The quantitative estimate of drug-likeness (QED) is 0.642. The van der Waals surface area contributed by atoms with Crippen molar-refractivity contribution in [1.29, 1.82) is 0 Å². The lowest BCUT2D eigenvalue weighted by Crippen LogP contribution is -2.20. The van der Waals surface area contributed by atoms with Crippen LogP contribution in [0.2, 0.25) is 0 Å². The molecule has 0 aliphatic heterocycles. The van der Waals surface area contributed by atoms with E-state index in [0.29, 0.717) is 6.54 Å². The van der Waals surface area contributed by atoms with Crippen LogP contribution >= 0.6 is 0 Å². The van der Waals surface area contributed by atoms with Crippen LogP contribution in [0.4, 0.5) is 0 Å². The van der Waals surface area contributed by atoms with Crippen LogP contribution in [0.15, 0.2) is 24.3 Å². The van der Waals surface area contributed by atoms with Gasteiger partial charge in [-0.1, -0.05) is 24.3 Å². The summed E-state index contributed by atoms with van der Waals surface area (Å²) in [5.74, 6) is -0.844. The van der Waals surface area contributed by atoms with Gasteiger partial charge in [-0.2, -0.15) is 0 Å². The van der Waals surface area contributed by atoms with E-state index in [1.54, 1.807) is 18.2 Å². The maximum atomic E-state index is 10.5. The predicted octanol–water partition coefficient (Wildman–Crippen LogP) is 0.272. The molecule has 1 atom stereocenters. The number of hydrogen-bond donors (Lipinski definition) is 3. The van der Waals surface area contributed by atoms with Crippen LogP contribution in [0.5, 0.6) is 0 Å². The molecule has 0 radical (unpaired) electrons. The van der Waals surface area contributed by atoms with Crippen molar-refractivity contribution in [2.24, 2.45) is 11.5 Å². The third-order valence-corrected chi connectivity index (χ3v) is 1.99. The summed E-state index contributed by atoms with van der Waals surface area (Å²) in [6, 6.07) is 6.97. The first-order valence-electron chi connectivity index (χ1n) is 4.39. The highest BCUT2D eigenvalue weighted by atomic mass is 16.4. The molecule has 1 aromatic rings. The highest BCUT2D eigenvalue weighted by molar-refractivity contribution is 5.70. The summed E-state index contributed by atoms with van der Waals surface area (Å²) in [5.41, 5.74) is 12.8. The predicted molar refractivity (Wildman–Crippen MR) is 53.8 cm³/mol. The molecule has 0 heterocycles. The van der Waals surface area contributed by atoms with E-state index in [1.807, 2.05) is 6.07 Å². The summed E-state index contributed by atoms with van der Waals surface area (Å²) in [6.07, 6.45) is 0.0190. The smallest absolute Gasteiger partial charge is 0.307 e. The van der Waals surface area contributed by atoms with Crippen LogP contribution in [0.3, 0.4) is 0 Å². The molecule has 5 N–H and O–H groups in total. The zero-order valence-corrected chi connectivity index (χ0v) is 7.81. The van der Waals surface area contributed by atoms with Crippen LogP contribution in [0, 0.1) is 0 Å². The highest BCUT2D eigenvalue weighted by Crippen LogP contribution is 2.11. The van der Waals surface area contributed by atoms with Gasteiger partial charge in [-0.05, 0) is 11.1 Å². The van der Waals surface area contributed by atoms with E-state index >= 15 is 0 Å². The van der Waals surface area contributed by atoms with Crippen LogP contribution in [-0.2, 0) is 11.2 Å². The first-order chi connectivity index (χ1) is 6.63. The standard InChI is InChI=1S/C10H14N2O2/c11-6-9(12)8-3-1-2-7(4-8)5-10(13)14/h1-4,9H,5-6,11-12H2,(H,13,14)/t9-/m0/s1. The van der Waals surface area contributed by atoms with Crippen molar-refractivity contribution in [3.05, 3.63) is 35.4 Å². The van der Waals surface area contributed by atoms with Crippen molar-refractivity contribution in [3.63, 3.8) is 0 Å². The molecule has 4 nitrogen and oxygen atoms in total. The monoisotopic (exact) mass is 194 g/mol. The van der Waals surface area contributed by atoms with E-state index < -0.39 is 5.97 Å². The van der Waals surface area contributed by atoms with Gasteiger partial charge in [-0.3, -0.25) is 4.79 Å². The lowest BCUT2D eigenvalue weighted by atomic mass is 10.0. The minimum absolute atomic E-state index is 0.0190. The SMILES string of the molecule is NC[C@H](N)c1cccc(CC(=O)O)c1. The van der Waals surface area contributed by atoms with Crippen molar-refractivity contribution in [3.8, 4) is 0 Å². The summed E-state index contributed by atoms with van der Waals surface area (Å²) in [5, 5.41) is 8.60. The second kappa shape index (κ2) is 4.74. The lowest BCUT2D eigenvalue weighted by Gasteiger charge is -2.09. The van der Waals surface area contributed by atoms with E-state index in [4.69, 9.17) is 16.6 Å². The second-order valence-electron chi connectivity index (χ2n) is 3.16. The Morgan fingerprint density at radius 2 is 2.21 bits per heavy atom. The van der Waals surface area contributed by atoms with Gasteiger partial charge in [-0.15, -0.1) is 0 Å². The van der Waals surface area contributed by atoms with Crippen LogP contribution in [0.1, 0.15) is 17.2 Å². The minimum Gasteiger partial charge on any atom is -0.481 e. The lowest BCUT2D eigenvalue weighted by molar-refractivity contribution is -0.136. The molecule has 0 aromatic heterocycles. The topological polar surface area (TPSA) is 89.3 Å². The van der Waals surface area contributed by atoms with Crippen molar-refractivity contribution in [2.45, 2.75) is 12.5 Å². The van der Waals surface area contributed by atoms with E-state index in [0.717, 1.165) is 11.1 Å². The average molecular weight is 194 g/mol. The molecule has 0 amide bonds. The molecule has 76 valence electrons. The van der Waals surface area contributed by atoms with E-state index in [1.165, 1.54) is 0 Å². The zero-order valence-electron chi connectivity index (χ0n) is 7.81. The largest absolute Gasteiger partial charge is 0.481 e. The Bertz CT molecular complexity index is 326. The Kier molecular flexibility index (Phi) is 3.62. The Balaban J connectivity index is 2.83. The molecule has 0 aliphatic carbocycles. The fourth-order valence-corrected chi connectivity index (χ4v) is 1.24. The molecular weight excluding hydrogens is 180 g/mol. The maximum absolute atomic E-state index is 10.5. The molecular formula is C10H14N2O2. The third-order valence-electron chi connectivity index (χ3n) is 1.99. The van der Waals surface area contributed by atoms with Crippen molar-refractivity contribution in [2.75, 3.05) is 6.54 Å². The van der Waals surface area contributed by atoms with Crippen LogP contribution < -0.4 is 11.5 Å². The van der Waals surface area contributed by atoms with Gasteiger partial charge in [-0.25, -0.2) is 0 Å².